The third kappa shape index (κ3) is 5.97. The van der Waals surface area contributed by atoms with Gasteiger partial charge in [-0.1, -0.05) is 59.6 Å². The number of halogens is 2. The van der Waals surface area contributed by atoms with Gasteiger partial charge in [-0.25, -0.2) is 0 Å². The van der Waals surface area contributed by atoms with E-state index in [1.54, 1.807) is 12.4 Å². The third-order valence-electron chi connectivity index (χ3n) is 4.63. The minimum absolute atomic E-state index is 0.700. The molecule has 0 saturated carbocycles. The van der Waals surface area contributed by atoms with Crippen LogP contribution in [0.1, 0.15) is 11.1 Å². The molecule has 158 valence electrons. The van der Waals surface area contributed by atoms with Gasteiger partial charge in [0.1, 0.15) is 0 Å². The molecule has 6 heteroatoms. The second kappa shape index (κ2) is 10.6. The molecular formula is C26H20Cl2N4. The van der Waals surface area contributed by atoms with Crippen LogP contribution in [0, 0.1) is 0 Å². The third-order valence-corrected chi connectivity index (χ3v) is 5.13. The van der Waals surface area contributed by atoms with E-state index < -0.39 is 0 Å². The summed E-state index contributed by atoms with van der Waals surface area (Å²) in [4.78, 5) is 0. The van der Waals surface area contributed by atoms with E-state index >= 15 is 0 Å². The quantitative estimate of drug-likeness (QED) is 0.218. The van der Waals surface area contributed by atoms with Gasteiger partial charge in [0.15, 0.2) is 0 Å². The summed E-state index contributed by atoms with van der Waals surface area (Å²) in [5.41, 5.74) is 5.60. The molecule has 0 aliphatic carbocycles. The molecule has 0 aliphatic rings. The maximum absolute atomic E-state index is 5.97. The van der Waals surface area contributed by atoms with Crippen LogP contribution in [0.15, 0.2) is 107 Å². The highest BCUT2D eigenvalue weighted by Crippen LogP contribution is 2.23. The van der Waals surface area contributed by atoms with Gasteiger partial charge in [0.2, 0.25) is 0 Å². The number of para-hydroxylation sites is 2. The van der Waals surface area contributed by atoms with Crippen LogP contribution < -0.4 is 10.6 Å². The van der Waals surface area contributed by atoms with Crippen molar-refractivity contribution < 1.29 is 0 Å². The SMILES string of the molecule is Clc1ccc(Nc2ccccc2/C=N\N=C/c2ccccc2Nc2ccc(Cl)cc2)cc1. The van der Waals surface area contributed by atoms with Crippen LogP contribution in [0.3, 0.4) is 0 Å². The number of benzene rings is 4. The van der Waals surface area contributed by atoms with Crippen LogP contribution >= 0.6 is 23.2 Å². The van der Waals surface area contributed by atoms with Gasteiger partial charge >= 0.3 is 0 Å². The van der Waals surface area contributed by atoms with Gasteiger partial charge in [-0.15, -0.1) is 0 Å². The molecule has 0 aromatic heterocycles. The maximum Gasteiger partial charge on any atom is 0.0588 e. The van der Waals surface area contributed by atoms with Crippen molar-refractivity contribution in [2.45, 2.75) is 0 Å². The van der Waals surface area contributed by atoms with Crippen LogP contribution in [0.4, 0.5) is 22.7 Å². The molecule has 4 rings (SSSR count). The second-order valence-electron chi connectivity index (χ2n) is 6.93. The summed E-state index contributed by atoms with van der Waals surface area (Å²) < 4.78 is 0. The topological polar surface area (TPSA) is 48.8 Å². The predicted octanol–water partition coefficient (Wildman–Crippen LogP) is 7.93. The first-order valence-corrected chi connectivity index (χ1v) is 10.7. The molecule has 0 amide bonds. The van der Waals surface area contributed by atoms with Crippen LogP contribution in [-0.4, -0.2) is 12.4 Å². The van der Waals surface area contributed by atoms with Gasteiger partial charge < -0.3 is 10.6 Å². The second-order valence-corrected chi connectivity index (χ2v) is 7.80. The number of nitrogens with zero attached hydrogens (tertiary/aromatic N) is 2. The van der Waals surface area contributed by atoms with Crippen molar-refractivity contribution >= 4 is 58.4 Å². The number of nitrogens with one attached hydrogen (secondary N) is 2. The summed E-state index contributed by atoms with van der Waals surface area (Å²) >= 11 is 11.9. The first-order valence-electron chi connectivity index (χ1n) is 9.97. The zero-order chi connectivity index (χ0) is 22.2. The van der Waals surface area contributed by atoms with Gasteiger partial charge in [0, 0.05) is 43.9 Å². The van der Waals surface area contributed by atoms with E-state index in [9.17, 15) is 0 Å². The number of anilines is 4. The Kier molecular flexibility index (Phi) is 7.18. The van der Waals surface area contributed by atoms with Crippen molar-refractivity contribution in [3.63, 3.8) is 0 Å². The fraction of sp³-hybridized carbons (Fsp3) is 0. The van der Waals surface area contributed by atoms with Crippen LogP contribution in [0.25, 0.3) is 0 Å². The van der Waals surface area contributed by atoms with Crippen LogP contribution in [-0.2, 0) is 0 Å². The minimum Gasteiger partial charge on any atom is -0.355 e. The Labute approximate surface area is 197 Å². The molecule has 4 aromatic carbocycles. The highest BCUT2D eigenvalue weighted by atomic mass is 35.5. The average molecular weight is 459 g/mol. The van der Waals surface area contributed by atoms with Gasteiger partial charge in [0.25, 0.3) is 0 Å². The zero-order valence-electron chi connectivity index (χ0n) is 17.0. The molecule has 0 spiro atoms. The fourth-order valence-corrected chi connectivity index (χ4v) is 3.27. The van der Waals surface area contributed by atoms with Crippen molar-refractivity contribution in [3.8, 4) is 0 Å². The molecule has 32 heavy (non-hydrogen) atoms. The standard InChI is InChI=1S/C26H20Cl2N4/c27-21-9-13-23(14-10-21)31-25-7-3-1-5-19(25)17-29-30-18-20-6-2-4-8-26(20)32-24-15-11-22(28)12-16-24/h1-18,31-32H/b29-17-,30-18-. The normalized spacial score (nSPS) is 11.2. The number of hydrogen-bond donors (Lipinski definition) is 2. The highest BCUT2D eigenvalue weighted by molar-refractivity contribution is 6.30. The molecule has 0 heterocycles. The summed E-state index contributed by atoms with van der Waals surface area (Å²) in [6.45, 7) is 0. The Morgan fingerprint density at radius 1 is 0.500 bits per heavy atom. The molecule has 0 fully saturated rings. The fourth-order valence-electron chi connectivity index (χ4n) is 3.02. The maximum atomic E-state index is 5.97. The van der Waals surface area contributed by atoms with E-state index in [-0.39, 0.29) is 0 Å². The number of rotatable bonds is 7. The summed E-state index contributed by atoms with van der Waals surface area (Å²) in [6.07, 6.45) is 3.45. The summed E-state index contributed by atoms with van der Waals surface area (Å²) in [5, 5.41) is 16.7. The van der Waals surface area contributed by atoms with Gasteiger partial charge in [-0.2, -0.15) is 10.2 Å². The molecule has 0 saturated heterocycles. The van der Waals surface area contributed by atoms with Gasteiger partial charge in [0.05, 0.1) is 12.4 Å². The molecule has 2 N–H and O–H groups in total. The Balaban J connectivity index is 1.47. The van der Waals surface area contributed by atoms with Gasteiger partial charge in [-0.3, -0.25) is 0 Å². The first kappa shape index (κ1) is 21.6. The molecule has 0 aliphatic heterocycles. The lowest BCUT2D eigenvalue weighted by Gasteiger charge is -2.09. The molecule has 0 unspecified atom stereocenters. The van der Waals surface area contributed by atoms with E-state index in [2.05, 4.69) is 20.8 Å². The van der Waals surface area contributed by atoms with Gasteiger partial charge in [-0.05, 0) is 60.7 Å². The summed E-state index contributed by atoms with van der Waals surface area (Å²) in [6, 6.07) is 30.9. The van der Waals surface area contributed by atoms with E-state index in [1.165, 1.54) is 0 Å². The highest BCUT2D eigenvalue weighted by Gasteiger charge is 2.02. The lowest BCUT2D eigenvalue weighted by atomic mass is 10.2. The van der Waals surface area contributed by atoms with Crippen molar-refractivity contribution in [1.82, 2.24) is 0 Å². The molecular weight excluding hydrogens is 439 g/mol. The molecule has 4 aromatic rings. The van der Waals surface area contributed by atoms with E-state index in [1.807, 2.05) is 97.1 Å². The monoisotopic (exact) mass is 458 g/mol. The Bertz CT molecular complexity index is 1130. The molecule has 0 bridgehead atoms. The summed E-state index contributed by atoms with van der Waals surface area (Å²) in [7, 11) is 0. The van der Waals surface area contributed by atoms with Crippen LogP contribution in [0.2, 0.25) is 10.0 Å². The Morgan fingerprint density at radius 3 is 1.28 bits per heavy atom. The van der Waals surface area contributed by atoms with Crippen molar-refractivity contribution in [2.24, 2.45) is 10.2 Å². The predicted molar refractivity (Wildman–Crippen MR) is 138 cm³/mol. The Morgan fingerprint density at radius 2 is 0.875 bits per heavy atom. The van der Waals surface area contributed by atoms with Crippen molar-refractivity contribution in [2.75, 3.05) is 10.6 Å². The molecule has 0 radical (unpaired) electrons. The van der Waals surface area contributed by atoms with E-state index in [4.69, 9.17) is 23.2 Å². The van der Waals surface area contributed by atoms with Crippen molar-refractivity contribution in [3.05, 3.63) is 118 Å². The smallest absolute Gasteiger partial charge is 0.0588 e. The largest absolute Gasteiger partial charge is 0.355 e. The zero-order valence-corrected chi connectivity index (χ0v) is 18.6. The molecule has 4 nitrogen and oxygen atoms in total. The van der Waals surface area contributed by atoms with E-state index in [0.717, 1.165) is 33.9 Å². The molecule has 0 atom stereocenters. The average Bonchev–Trinajstić information content (AvgIpc) is 2.82. The van der Waals surface area contributed by atoms with E-state index in [0.29, 0.717) is 10.0 Å². The number of hydrogen-bond acceptors (Lipinski definition) is 4. The minimum atomic E-state index is 0.700. The summed E-state index contributed by atoms with van der Waals surface area (Å²) in [5.74, 6) is 0. The Hall–Kier alpha value is -3.60. The van der Waals surface area contributed by atoms with Crippen molar-refractivity contribution in [1.29, 1.82) is 0 Å². The first-order chi connectivity index (χ1) is 15.7. The van der Waals surface area contributed by atoms with Crippen LogP contribution in [0.5, 0.6) is 0 Å². The lowest BCUT2D eigenvalue weighted by Crippen LogP contribution is -1.95. The lowest BCUT2D eigenvalue weighted by molar-refractivity contribution is 1.26.